The maximum absolute atomic E-state index is 13.3. The molecule has 1 aromatic carbocycles. The fourth-order valence-corrected chi connectivity index (χ4v) is 4.07. The number of carbonyl (C=O) groups excluding carboxylic acids is 1. The van der Waals surface area contributed by atoms with E-state index in [0.717, 1.165) is 0 Å². The summed E-state index contributed by atoms with van der Waals surface area (Å²) in [5.74, 6) is -1.16. The van der Waals surface area contributed by atoms with E-state index in [4.69, 9.17) is 11.6 Å². The van der Waals surface area contributed by atoms with Gasteiger partial charge in [0.15, 0.2) is 0 Å². The lowest BCUT2D eigenvalue weighted by Gasteiger charge is -2.24. The summed E-state index contributed by atoms with van der Waals surface area (Å²) in [6.07, 6.45) is 0.352. The normalized spacial score (nSPS) is 21.2. The average Bonchev–Trinajstić information content (AvgIpc) is 3.06. The number of aliphatic carboxylic acids is 1. The van der Waals surface area contributed by atoms with Gasteiger partial charge in [-0.05, 0) is 30.4 Å². The van der Waals surface area contributed by atoms with E-state index in [1.54, 1.807) is 0 Å². The van der Waals surface area contributed by atoms with Crippen LogP contribution in [0.4, 0.5) is 4.39 Å². The molecular formula is C14H12ClFN2O3S. The fraction of sp³-hybridized carbons (Fsp3) is 0.286. The van der Waals surface area contributed by atoms with Gasteiger partial charge in [0.05, 0.1) is 5.02 Å². The molecule has 1 aliphatic heterocycles. The van der Waals surface area contributed by atoms with Crippen LogP contribution in [0.2, 0.25) is 5.02 Å². The SMILES string of the molecule is O=C(NC1(C(=O)O)CCSC1)c1[nH]c2ccc(F)cc2c1Cl. The molecule has 1 aliphatic rings. The standard InChI is InChI=1S/C14H12ClFN2O3S/c15-10-8-5-7(16)1-2-9(8)17-11(10)12(19)18-14(13(20)21)3-4-22-6-14/h1-2,5,17H,3-4,6H2,(H,18,19)(H,20,21). The Labute approximate surface area is 134 Å². The lowest BCUT2D eigenvalue weighted by molar-refractivity contribution is -0.143. The summed E-state index contributed by atoms with van der Waals surface area (Å²) in [6.45, 7) is 0. The zero-order valence-electron chi connectivity index (χ0n) is 11.3. The van der Waals surface area contributed by atoms with Gasteiger partial charge in [0.2, 0.25) is 0 Å². The number of rotatable bonds is 3. The summed E-state index contributed by atoms with van der Waals surface area (Å²) in [5, 5.41) is 12.4. The molecule has 1 saturated heterocycles. The van der Waals surface area contributed by atoms with Crippen molar-refractivity contribution < 1.29 is 19.1 Å². The van der Waals surface area contributed by atoms with E-state index < -0.39 is 23.2 Å². The van der Waals surface area contributed by atoms with Gasteiger partial charge in [0, 0.05) is 16.7 Å². The number of fused-ring (bicyclic) bond motifs is 1. The second kappa shape index (κ2) is 5.48. The quantitative estimate of drug-likeness (QED) is 0.801. The molecule has 0 spiro atoms. The molecule has 0 saturated carbocycles. The van der Waals surface area contributed by atoms with Crippen molar-refractivity contribution in [3.8, 4) is 0 Å². The Balaban J connectivity index is 1.95. The number of aromatic amines is 1. The molecule has 8 heteroatoms. The van der Waals surface area contributed by atoms with Gasteiger partial charge in [0.25, 0.3) is 5.91 Å². The van der Waals surface area contributed by atoms with Crippen LogP contribution in [-0.2, 0) is 4.79 Å². The zero-order valence-corrected chi connectivity index (χ0v) is 12.9. The maximum atomic E-state index is 13.3. The molecule has 3 N–H and O–H groups in total. The first-order chi connectivity index (χ1) is 10.4. The van der Waals surface area contributed by atoms with Crippen molar-refractivity contribution in [2.45, 2.75) is 12.0 Å². The summed E-state index contributed by atoms with van der Waals surface area (Å²) < 4.78 is 13.3. The Morgan fingerprint density at radius 1 is 1.45 bits per heavy atom. The lowest BCUT2D eigenvalue weighted by Crippen LogP contribution is -2.54. The Bertz CT molecular complexity index is 771. The van der Waals surface area contributed by atoms with Gasteiger partial charge in [-0.2, -0.15) is 11.8 Å². The number of nitrogens with one attached hydrogen (secondary N) is 2. The molecule has 1 atom stereocenters. The van der Waals surface area contributed by atoms with Gasteiger partial charge in [-0.3, -0.25) is 4.79 Å². The van der Waals surface area contributed by atoms with Crippen molar-refractivity contribution in [1.82, 2.24) is 10.3 Å². The highest BCUT2D eigenvalue weighted by Crippen LogP contribution is 2.31. The van der Waals surface area contributed by atoms with Gasteiger partial charge < -0.3 is 15.4 Å². The van der Waals surface area contributed by atoms with E-state index in [1.165, 1.54) is 30.0 Å². The van der Waals surface area contributed by atoms with Gasteiger partial charge >= 0.3 is 5.97 Å². The third-order valence-corrected chi connectivity index (χ3v) is 5.29. The molecule has 1 unspecified atom stereocenters. The first-order valence-electron chi connectivity index (χ1n) is 6.53. The molecule has 116 valence electrons. The predicted octanol–water partition coefficient (Wildman–Crippen LogP) is 2.65. The van der Waals surface area contributed by atoms with E-state index in [2.05, 4.69) is 10.3 Å². The van der Waals surface area contributed by atoms with Crippen LogP contribution in [0.25, 0.3) is 10.9 Å². The lowest BCUT2D eigenvalue weighted by atomic mass is 9.99. The van der Waals surface area contributed by atoms with Crippen molar-refractivity contribution in [3.63, 3.8) is 0 Å². The minimum Gasteiger partial charge on any atom is -0.479 e. The smallest absolute Gasteiger partial charge is 0.330 e. The topological polar surface area (TPSA) is 82.2 Å². The summed E-state index contributed by atoms with van der Waals surface area (Å²) in [6, 6.07) is 3.96. The highest BCUT2D eigenvalue weighted by Gasteiger charge is 2.43. The number of benzene rings is 1. The molecule has 1 fully saturated rings. The number of carboxylic acids is 1. The predicted molar refractivity (Wildman–Crippen MR) is 83.0 cm³/mol. The third kappa shape index (κ3) is 2.44. The zero-order chi connectivity index (χ0) is 15.9. The fourth-order valence-electron chi connectivity index (χ4n) is 2.45. The number of carboxylic acid groups (broad SMARTS) is 1. The Hall–Kier alpha value is -1.73. The number of amides is 1. The van der Waals surface area contributed by atoms with E-state index in [9.17, 15) is 19.1 Å². The van der Waals surface area contributed by atoms with Gasteiger partial charge in [-0.1, -0.05) is 11.6 Å². The molecule has 5 nitrogen and oxygen atoms in total. The number of hydrogen-bond acceptors (Lipinski definition) is 3. The van der Waals surface area contributed by atoms with Crippen LogP contribution in [0.15, 0.2) is 18.2 Å². The number of aromatic nitrogens is 1. The number of H-pyrrole nitrogens is 1. The summed E-state index contributed by atoms with van der Waals surface area (Å²) in [5.41, 5.74) is -0.727. The van der Waals surface area contributed by atoms with Gasteiger partial charge in [-0.25, -0.2) is 9.18 Å². The van der Waals surface area contributed by atoms with Crippen molar-refractivity contribution in [3.05, 3.63) is 34.7 Å². The summed E-state index contributed by atoms with van der Waals surface area (Å²) in [4.78, 5) is 26.7. The van der Waals surface area contributed by atoms with Crippen LogP contribution >= 0.6 is 23.4 Å². The van der Waals surface area contributed by atoms with Crippen LogP contribution in [0.3, 0.4) is 0 Å². The van der Waals surface area contributed by atoms with Crippen molar-refractivity contribution in [2.24, 2.45) is 0 Å². The van der Waals surface area contributed by atoms with E-state index in [-0.39, 0.29) is 10.7 Å². The highest BCUT2D eigenvalue weighted by molar-refractivity contribution is 7.99. The molecule has 0 aliphatic carbocycles. The third-order valence-electron chi connectivity index (χ3n) is 3.71. The molecule has 3 rings (SSSR count). The maximum Gasteiger partial charge on any atom is 0.330 e. The van der Waals surface area contributed by atoms with Crippen LogP contribution in [-0.4, -0.2) is 39.0 Å². The van der Waals surface area contributed by atoms with E-state index in [0.29, 0.717) is 28.8 Å². The van der Waals surface area contributed by atoms with Crippen LogP contribution in [0, 0.1) is 5.82 Å². The minimum atomic E-state index is -1.28. The van der Waals surface area contributed by atoms with E-state index >= 15 is 0 Å². The number of thioether (sulfide) groups is 1. The molecule has 0 radical (unpaired) electrons. The Morgan fingerprint density at radius 2 is 2.23 bits per heavy atom. The Morgan fingerprint density at radius 3 is 2.86 bits per heavy atom. The molecule has 1 amide bonds. The minimum absolute atomic E-state index is 0.0415. The monoisotopic (exact) mass is 342 g/mol. The second-order valence-corrected chi connectivity index (χ2v) is 6.63. The molecule has 1 aromatic heterocycles. The highest BCUT2D eigenvalue weighted by atomic mass is 35.5. The molecule has 2 aromatic rings. The summed E-state index contributed by atoms with van der Waals surface area (Å²) in [7, 11) is 0. The van der Waals surface area contributed by atoms with Crippen molar-refractivity contribution in [1.29, 1.82) is 0 Å². The first kappa shape index (κ1) is 15.2. The number of halogens is 2. The molecule has 22 heavy (non-hydrogen) atoms. The summed E-state index contributed by atoms with van der Waals surface area (Å²) >= 11 is 7.59. The van der Waals surface area contributed by atoms with Crippen LogP contribution < -0.4 is 5.32 Å². The van der Waals surface area contributed by atoms with Gasteiger partial charge in [-0.15, -0.1) is 0 Å². The van der Waals surface area contributed by atoms with Crippen LogP contribution in [0.1, 0.15) is 16.9 Å². The molecular weight excluding hydrogens is 331 g/mol. The van der Waals surface area contributed by atoms with Crippen LogP contribution in [0.5, 0.6) is 0 Å². The second-order valence-electron chi connectivity index (χ2n) is 5.15. The average molecular weight is 343 g/mol. The van der Waals surface area contributed by atoms with Crippen molar-refractivity contribution >= 4 is 46.1 Å². The van der Waals surface area contributed by atoms with Crippen molar-refractivity contribution in [2.75, 3.05) is 11.5 Å². The first-order valence-corrected chi connectivity index (χ1v) is 8.06. The Kier molecular flexibility index (Phi) is 3.78. The number of hydrogen-bond donors (Lipinski definition) is 3. The number of carbonyl (C=O) groups is 2. The van der Waals surface area contributed by atoms with E-state index in [1.807, 2.05) is 0 Å². The largest absolute Gasteiger partial charge is 0.479 e. The molecule has 0 bridgehead atoms. The van der Waals surface area contributed by atoms with Gasteiger partial charge in [0.1, 0.15) is 17.1 Å². The molecule has 2 heterocycles.